The highest BCUT2D eigenvalue weighted by Crippen LogP contribution is 2.61. The summed E-state index contributed by atoms with van der Waals surface area (Å²) in [7, 11) is 0. The number of hydrogen-bond acceptors (Lipinski definition) is 4. The maximum absolute atomic E-state index is 14.6. The highest BCUT2D eigenvalue weighted by Gasteiger charge is 2.91. The number of esters is 1. The number of rotatable bonds is 11. The van der Waals surface area contributed by atoms with Crippen LogP contribution < -0.4 is 5.32 Å². The van der Waals surface area contributed by atoms with Crippen LogP contribution in [0.3, 0.4) is 0 Å². The van der Waals surface area contributed by atoms with Crippen molar-refractivity contribution in [2.24, 2.45) is 5.92 Å². The van der Waals surface area contributed by atoms with Gasteiger partial charge in [-0.15, -0.1) is 0 Å². The molecule has 0 bridgehead atoms. The van der Waals surface area contributed by atoms with E-state index < -0.39 is 72.0 Å². The zero-order chi connectivity index (χ0) is 30.1. The number of halogens is 13. The summed E-state index contributed by atoms with van der Waals surface area (Å²) in [5, 5.41) is 1.31. The summed E-state index contributed by atoms with van der Waals surface area (Å²) in [4.78, 5) is 24.1. The van der Waals surface area contributed by atoms with Crippen molar-refractivity contribution in [2.45, 2.75) is 94.9 Å². The largest absolute Gasteiger partial charge is 0.464 e. The van der Waals surface area contributed by atoms with Crippen LogP contribution in [0.4, 0.5) is 61.9 Å². The van der Waals surface area contributed by atoms with Gasteiger partial charge in [0, 0.05) is 0 Å². The molecule has 0 spiro atoms. The summed E-state index contributed by atoms with van der Waals surface area (Å²) in [6.07, 6.45) is -8.98. The van der Waals surface area contributed by atoms with Gasteiger partial charge in [-0.2, -0.15) is 57.1 Å². The highest BCUT2D eigenvalue weighted by atomic mass is 19.4. The van der Waals surface area contributed by atoms with Crippen LogP contribution in [-0.2, 0) is 14.3 Å². The average Bonchev–Trinajstić information content (AvgIpc) is 2.68. The summed E-state index contributed by atoms with van der Waals surface area (Å²) >= 11 is 0. The Bertz CT molecular complexity index is 807. The molecular formula is C19H24F13NO4. The number of carbonyl (C=O) groups excluding carboxylic acids is 2. The van der Waals surface area contributed by atoms with E-state index in [0.717, 1.165) is 0 Å². The Morgan fingerprint density at radius 3 is 1.57 bits per heavy atom. The summed E-state index contributed by atoms with van der Waals surface area (Å²) < 4.78 is 184. The van der Waals surface area contributed by atoms with Crippen molar-refractivity contribution in [1.29, 1.82) is 0 Å². The number of ether oxygens (including phenoxy) is 2. The molecule has 0 fully saturated rings. The van der Waals surface area contributed by atoms with Crippen molar-refractivity contribution < 1.29 is 76.1 Å². The fourth-order valence-electron chi connectivity index (χ4n) is 2.51. The number of alkyl carbamates (subject to hydrolysis) is 1. The SMILES string of the molecule is CCCCOC(=O)C(NC(=O)OC(C)(C)C)C(C)C(F)(F)C(F)(F)C(F)(F)C(F)(F)C(F)(F)C(F)(F)F. The van der Waals surface area contributed by atoms with E-state index in [-0.39, 0.29) is 13.3 Å². The molecule has 1 amide bonds. The van der Waals surface area contributed by atoms with Crippen LogP contribution in [0.25, 0.3) is 0 Å². The maximum atomic E-state index is 14.6. The monoisotopic (exact) mass is 577 g/mol. The minimum absolute atomic E-state index is 0.0443. The first-order valence-electron chi connectivity index (χ1n) is 10.2. The maximum Gasteiger partial charge on any atom is 0.460 e. The quantitative estimate of drug-likeness (QED) is 0.171. The third-order valence-corrected chi connectivity index (χ3v) is 4.70. The van der Waals surface area contributed by atoms with Crippen LogP contribution in [0.1, 0.15) is 47.5 Å². The molecule has 2 unspecified atom stereocenters. The van der Waals surface area contributed by atoms with Gasteiger partial charge in [0.05, 0.1) is 12.5 Å². The van der Waals surface area contributed by atoms with Crippen molar-refractivity contribution in [2.75, 3.05) is 6.61 Å². The topological polar surface area (TPSA) is 64.6 Å². The lowest BCUT2D eigenvalue weighted by Crippen LogP contribution is -2.72. The van der Waals surface area contributed by atoms with Gasteiger partial charge in [-0.25, -0.2) is 9.59 Å². The molecule has 0 aliphatic heterocycles. The van der Waals surface area contributed by atoms with Gasteiger partial charge in [-0.3, -0.25) is 0 Å². The Hall–Kier alpha value is -2.17. The number of nitrogens with one attached hydrogen (secondary N) is 1. The second-order valence-corrected chi connectivity index (χ2v) is 8.85. The molecule has 0 radical (unpaired) electrons. The van der Waals surface area contributed by atoms with Crippen molar-refractivity contribution in [1.82, 2.24) is 5.32 Å². The van der Waals surface area contributed by atoms with Crippen LogP contribution in [-0.4, -0.2) is 66.1 Å². The smallest absolute Gasteiger partial charge is 0.460 e. The molecule has 1 N–H and O–H groups in total. The molecule has 220 valence electrons. The van der Waals surface area contributed by atoms with E-state index in [0.29, 0.717) is 6.42 Å². The van der Waals surface area contributed by atoms with Crippen molar-refractivity contribution >= 4 is 12.1 Å². The fraction of sp³-hybridized carbons (Fsp3) is 0.895. The molecule has 0 aliphatic rings. The molecule has 2 atom stereocenters. The number of hydrogen-bond donors (Lipinski definition) is 1. The van der Waals surface area contributed by atoms with Gasteiger partial charge in [-0.1, -0.05) is 20.3 Å². The Morgan fingerprint density at radius 2 is 1.19 bits per heavy atom. The molecule has 0 aromatic heterocycles. The molecule has 0 saturated heterocycles. The number of amides is 1. The van der Waals surface area contributed by atoms with E-state index >= 15 is 0 Å². The Balaban J connectivity index is 6.57. The molecule has 18 heteroatoms. The molecule has 0 aromatic rings. The van der Waals surface area contributed by atoms with Crippen molar-refractivity contribution in [3.05, 3.63) is 0 Å². The second kappa shape index (κ2) is 10.9. The predicted octanol–water partition coefficient (Wildman–Crippen LogP) is 6.60. The normalized spacial score (nSPS) is 16.2. The van der Waals surface area contributed by atoms with Gasteiger partial charge in [0.1, 0.15) is 11.6 Å². The van der Waals surface area contributed by atoms with Crippen LogP contribution in [0.5, 0.6) is 0 Å². The van der Waals surface area contributed by atoms with Crippen molar-refractivity contribution in [3.63, 3.8) is 0 Å². The second-order valence-electron chi connectivity index (χ2n) is 8.85. The summed E-state index contributed by atoms with van der Waals surface area (Å²) in [6.45, 7) is 4.42. The molecular weight excluding hydrogens is 553 g/mol. The molecule has 0 aromatic carbocycles. The van der Waals surface area contributed by atoms with Gasteiger partial charge >= 0.3 is 47.9 Å². The Labute approximate surface area is 202 Å². The van der Waals surface area contributed by atoms with E-state index in [2.05, 4.69) is 9.47 Å². The highest BCUT2D eigenvalue weighted by molar-refractivity contribution is 5.82. The molecule has 0 rings (SSSR count). The first-order valence-corrected chi connectivity index (χ1v) is 10.2. The van der Waals surface area contributed by atoms with E-state index in [9.17, 15) is 66.7 Å². The molecule has 0 saturated carbocycles. The number of unbranched alkanes of at least 4 members (excludes halogenated alkanes) is 1. The minimum atomic E-state index is -8.10. The number of alkyl halides is 13. The summed E-state index contributed by atoms with van der Waals surface area (Å²) in [5.74, 6) is -43.9. The zero-order valence-electron chi connectivity index (χ0n) is 19.8. The summed E-state index contributed by atoms with van der Waals surface area (Å²) in [6, 6.07) is -3.04. The fourth-order valence-corrected chi connectivity index (χ4v) is 2.51. The molecule has 37 heavy (non-hydrogen) atoms. The lowest BCUT2D eigenvalue weighted by Gasteiger charge is -2.42. The first kappa shape index (κ1) is 34.8. The minimum Gasteiger partial charge on any atom is -0.464 e. The predicted molar refractivity (Wildman–Crippen MR) is 99.0 cm³/mol. The van der Waals surface area contributed by atoms with Gasteiger partial charge in [0.2, 0.25) is 0 Å². The summed E-state index contributed by atoms with van der Waals surface area (Å²) in [5.41, 5.74) is -1.41. The third-order valence-electron chi connectivity index (χ3n) is 4.70. The van der Waals surface area contributed by atoms with Gasteiger partial charge in [0.25, 0.3) is 0 Å². The van der Waals surface area contributed by atoms with Crippen molar-refractivity contribution in [3.8, 4) is 0 Å². The number of carbonyl (C=O) groups is 2. The zero-order valence-corrected chi connectivity index (χ0v) is 19.8. The average molecular weight is 577 g/mol. The van der Waals surface area contributed by atoms with Gasteiger partial charge < -0.3 is 14.8 Å². The first-order chi connectivity index (χ1) is 16.1. The van der Waals surface area contributed by atoms with E-state index in [1.165, 1.54) is 26.1 Å². The van der Waals surface area contributed by atoms with Gasteiger partial charge in [0.15, 0.2) is 0 Å². The lowest BCUT2D eigenvalue weighted by molar-refractivity contribution is -0.443. The van der Waals surface area contributed by atoms with Crippen LogP contribution >= 0.6 is 0 Å². The van der Waals surface area contributed by atoms with E-state index in [1.807, 2.05) is 0 Å². The van der Waals surface area contributed by atoms with Crippen LogP contribution in [0.2, 0.25) is 0 Å². The Kier molecular flexibility index (Phi) is 10.3. The Morgan fingerprint density at radius 1 is 0.757 bits per heavy atom. The molecule has 5 nitrogen and oxygen atoms in total. The molecule has 0 heterocycles. The van der Waals surface area contributed by atoms with E-state index in [1.54, 1.807) is 6.92 Å². The standard InChI is InChI=1S/C19H24F13NO4/c1-6-7-8-36-11(34)10(33-12(35)37-13(3,4)5)9(2)14(20,21)15(22,23)16(24,25)17(26,27)18(28,29)19(30,31)32/h9-10H,6-8H2,1-5H3,(H,33,35). The van der Waals surface area contributed by atoms with E-state index in [4.69, 9.17) is 0 Å². The molecule has 0 aliphatic carbocycles. The lowest BCUT2D eigenvalue weighted by atomic mass is 9.84. The van der Waals surface area contributed by atoms with Gasteiger partial charge in [-0.05, 0) is 27.2 Å². The van der Waals surface area contributed by atoms with Crippen LogP contribution in [0.15, 0.2) is 0 Å². The van der Waals surface area contributed by atoms with Crippen LogP contribution in [0, 0.1) is 5.92 Å². The third kappa shape index (κ3) is 6.83.